The summed E-state index contributed by atoms with van der Waals surface area (Å²) in [5, 5.41) is 3.26. The number of anilines is 1. The molecule has 0 bridgehead atoms. The summed E-state index contributed by atoms with van der Waals surface area (Å²) >= 11 is 0. The number of benzene rings is 1. The van der Waals surface area contributed by atoms with Gasteiger partial charge in [-0.1, -0.05) is 25.1 Å². The minimum absolute atomic E-state index is 0.126. The zero-order chi connectivity index (χ0) is 13.7. The van der Waals surface area contributed by atoms with Gasteiger partial charge in [0, 0.05) is 25.7 Å². The maximum Gasteiger partial charge on any atom is 0.332 e. The highest BCUT2D eigenvalue weighted by Crippen LogP contribution is 2.16. The molecule has 1 saturated heterocycles. The number of nitrogens with one attached hydrogen (secondary N) is 1. The number of carbonyl (C=O) groups excluding carboxylic acids is 2. The number of amides is 3. The van der Waals surface area contributed by atoms with Gasteiger partial charge in [-0.3, -0.25) is 4.79 Å². The average molecular weight is 260 g/mol. The standard InChI is InChI=1S/C14H18N3O2/c1-2-12-10-15-8-9-16(12)14(19)17(11-18)13-6-4-3-5-7-13/h3-7,12,15H,2,8-10H2,1H3. The van der Waals surface area contributed by atoms with Gasteiger partial charge in [0.25, 0.3) is 0 Å². The highest BCUT2D eigenvalue weighted by Gasteiger charge is 2.29. The lowest BCUT2D eigenvalue weighted by molar-refractivity contribution is 0.164. The van der Waals surface area contributed by atoms with E-state index < -0.39 is 0 Å². The van der Waals surface area contributed by atoms with Crippen LogP contribution in [0.3, 0.4) is 0 Å². The summed E-state index contributed by atoms with van der Waals surface area (Å²) in [5.41, 5.74) is 0.552. The zero-order valence-corrected chi connectivity index (χ0v) is 11.0. The maximum absolute atomic E-state index is 12.5. The van der Waals surface area contributed by atoms with E-state index in [-0.39, 0.29) is 12.1 Å². The van der Waals surface area contributed by atoms with Gasteiger partial charge in [-0.15, -0.1) is 0 Å². The average Bonchev–Trinajstić information content (AvgIpc) is 2.49. The first-order chi connectivity index (χ1) is 9.27. The molecule has 0 aromatic heterocycles. The fourth-order valence-corrected chi connectivity index (χ4v) is 2.29. The van der Waals surface area contributed by atoms with Gasteiger partial charge in [-0.2, -0.15) is 0 Å². The summed E-state index contributed by atoms with van der Waals surface area (Å²) < 4.78 is 0. The minimum atomic E-state index is -0.297. The third kappa shape index (κ3) is 2.93. The van der Waals surface area contributed by atoms with Gasteiger partial charge in [-0.25, -0.2) is 9.69 Å². The summed E-state index contributed by atoms with van der Waals surface area (Å²) in [4.78, 5) is 26.4. The summed E-state index contributed by atoms with van der Waals surface area (Å²) in [5.74, 6) is 0. The molecule has 19 heavy (non-hydrogen) atoms. The van der Waals surface area contributed by atoms with Crippen molar-refractivity contribution in [1.82, 2.24) is 10.2 Å². The lowest BCUT2D eigenvalue weighted by Crippen LogP contribution is -2.57. The Labute approximate surface area is 113 Å². The molecule has 1 aliphatic heterocycles. The number of hydrogen-bond donors (Lipinski definition) is 1. The van der Waals surface area contributed by atoms with Crippen molar-refractivity contribution >= 4 is 18.1 Å². The molecule has 5 heteroatoms. The number of nitrogens with zero attached hydrogens (tertiary/aromatic N) is 2. The highest BCUT2D eigenvalue weighted by molar-refractivity contribution is 6.06. The molecular formula is C14H18N3O2. The van der Waals surface area contributed by atoms with Crippen molar-refractivity contribution in [3.05, 3.63) is 30.3 Å². The molecule has 1 aromatic carbocycles. The van der Waals surface area contributed by atoms with E-state index in [0.717, 1.165) is 24.4 Å². The Balaban J connectivity index is 2.18. The number of hydrogen-bond acceptors (Lipinski definition) is 3. The van der Waals surface area contributed by atoms with Crippen LogP contribution in [0.15, 0.2) is 30.3 Å². The number of imide groups is 1. The van der Waals surface area contributed by atoms with Crippen LogP contribution >= 0.6 is 0 Å². The topological polar surface area (TPSA) is 52.7 Å². The summed E-state index contributed by atoms with van der Waals surface area (Å²) in [6, 6.07) is 8.72. The van der Waals surface area contributed by atoms with Crippen molar-refractivity contribution in [2.75, 3.05) is 24.5 Å². The van der Waals surface area contributed by atoms with Crippen LogP contribution in [0, 0.1) is 0 Å². The number of piperazine rings is 1. The molecule has 1 N–H and O–H groups in total. The van der Waals surface area contributed by atoms with E-state index in [2.05, 4.69) is 5.32 Å². The minimum Gasteiger partial charge on any atom is -0.318 e. The van der Waals surface area contributed by atoms with Crippen LogP contribution < -0.4 is 10.2 Å². The first-order valence-corrected chi connectivity index (χ1v) is 6.52. The summed E-state index contributed by atoms with van der Waals surface area (Å²) in [6.45, 7) is 4.17. The van der Waals surface area contributed by atoms with Crippen LogP contribution in [0.2, 0.25) is 0 Å². The zero-order valence-electron chi connectivity index (χ0n) is 11.0. The highest BCUT2D eigenvalue weighted by atomic mass is 16.2. The Hall–Kier alpha value is -1.88. The first-order valence-electron chi connectivity index (χ1n) is 6.52. The fraction of sp³-hybridized carbons (Fsp3) is 0.429. The van der Waals surface area contributed by atoms with Crippen molar-refractivity contribution in [3.8, 4) is 0 Å². The lowest BCUT2D eigenvalue weighted by atomic mass is 10.1. The van der Waals surface area contributed by atoms with Crippen molar-refractivity contribution in [2.45, 2.75) is 19.4 Å². The Kier molecular flexibility index (Phi) is 4.52. The molecule has 5 nitrogen and oxygen atoms in total. The van der Waals surface area contributed by atoms with Gasteiger partial charge in [0.1, 0.15) is 0 Å². The molecule has 3 amide bonds. The molecule has 1 aliphatic rings. The Morgan fingerprint density at radius 3 is 2.84 bits per heavy atom. The van der Waals surface area contributed by atoms with Crippen LogP contribution in [0.25, 0.3) is 0 Å². The smallest absolute Gasteiger partial charge is 0.318 e. The molecule has 1 atom stereocenters. The molecule has 0 spiro atoms. The van der Waals surface area contributed by atoms with Gasteiger partial charge in [0.05, 0.1) is 5.69 Å². The Morgan fingerprint density at radius 2 is 2.21 bits per heavy atom. The van der Waals surface area contributed by atoms with Gasteiger partial charge >= 0.3 is 12.4 Å². The van der Waals surface area contributed by atoms with Crippen molar-refractivity contribution in [3.63, 3.8) is 0 Å². The lowest BCUT2D eigenvalue weighted by Gasteiger charge is -2.37. The van der Waals surface area contributed by atoms with E-state index in [1.54, 1.807) is 35.6 Å². The van der Waals surface area contributed by atoms with Gasteiger partial charge < -0.3 is 10.2 Å². The van der Waals surface area contributed by atoms with E-state index in [9.17, 15) is 9.59 Å². The van der Waals surface area contributed by atoms with Crippen LogP contribution in [0.1, 0.15) is 13.3 Å². The van der Waals surface area contributed by atoms with Crippen molar-refractivity contribution in [2.24, 2.45) is 0 Å². The van der Waals surface area contributed by atoms with Gasteiger partial charge in [0.2, 0.25) is 0 Å². The quantitative estimate of drug-likeness (QED) is 0.835. The monoisotopic (exact) mass is 260 g/mol. The van der Waals surface area contributed by atoms with E-state index in [1.165, 1.54) is 0 Å². The third-order valence-electron chi connectivity index (χ3n) is 3.36. The molecular weight excluding hydrogens is 242 g/mol. The molecule has 101 valence electrons. The van der Waals surface area contributed by atoms with Crippen molar-refractivity contribution in [1.29, 1.82) is 0 Å². The second-order valence-electron chi connectivity index (χ2n) is 4.50. The summed E-state index contributed by atoms with van der Waals surface area (Å²) in [6.07, 6.45) is 2.59. The van der Waals surface area contributed by atoms with E-state index in [4.69, 9.17) is 0 Å². The summed E-state index contributed by atoms with van der Waals surface area (Å²) in [7, 11) is 0. The predicted molar refractivity (Wildman–Crippen MR) is 73.7 cm³/mol. The predicted octanol–water partition coefficient (Wildman–Crippen LogP) is 1.36. The van der Waals surface area contributed by atoms with Crippen LogP contribution in [0.5, 0.6) is 0 Å². The van der Waals surface area contributed by atoms with Gasteiger partial charge in [-0.05, 0) is 18.6 Å². The number of para-hydroxylation sites is 1. The number of rotatable bonds is 3. The molecule has 1 fully saturated rings. The van der Waals surface area contributed by atoms with Crippen LogP contribution in [-0.4, -0.2) is 43.0 Å². The van der Waals surface area contributed by atoms with E-state index in [0.29, 0.717) is 12.2 Å². The molecule has 0 saturated carbocycles. The third-order valence-corrected chi connectivity index (χ3v) is 3.36. The van der Waals surface area contributed by atoms with E-state index >= 15 is 0 Å². The molecule has 2 rings (SSSR count). The van der Waals surface area contributed by atoms with Crippen LogP contribution in [-0.2, 0) is 4.79 Å². The Bertz CT molecular complexity index is 436. The van der Waals surface area contributed by atoms with Crippen molar-refractivity contribution < 1.29 is 9.59 Å². The first kappa shape index (κ1) is 13.5. The number of carbonyl (C=O) groups is 1. The normalized spacial score (nSPS) is 19.0. The number of urea groups is 1. The molecule has 0 aliphatic carbocycles. The Morgan fingerprint density at radius 1 is 1.47 bits per heavy atom. The maximum atomic E-state index is 12.5. The molecule has 1 radical (unpaired) electrons. The molecule has 1 aromatic rings. The second kappa shape index (κ2) is 6.33. The van der Waals surface area contributed by atoms with Crippen LogP contribution in [0.4, 0.5) is 10.5 Å². The van der Waals surface area contributed by atoms with Gasteiger partial charge in [0.15, 0.2) is 0 Å². The molecule has 1 unspecified atom stereocenters. The molecule has 1 heterocycles. The largest absolute Gasteiger partial charge is 0.332 e. The fourth-order valence-electron chi connectivity index (χ4n) is 2.29. The second-order valence-corrected chi connectivity index (χ2v) is 4.50. The van der Waals surface area contributed by atoms with E-state index in [1.807, 2.05) is 13.0 Å². The SMILES string of the molecule is CCC1CNCCN1C(=O)N([C]=O)c1ccccc1.